The molecular weight excluding hydrogens is 270 g/mol. The lowest BCUT2D eigenvalue weighted by Crippen LogP contribution is -2.43. The largest absolute Gasteiger partial charge is 0.506 e. The van der Waals surface area contributed by atoms with E-state index in [1.54, 1.807) is 12.1 Å². The predicted molar refractivity (Wildman–Crippen MR) is 81.5 cm³/mol. The van der Waals surface area contributed by atoms with Gasteiger partial charge in [-0.05, 0) is 37.9 Å². The third kappa shape index (κ3) is 5.20. The molecule has 0 bridgehead atoms. The summed E-state index contributed by atoms with van der Waals surface area (Å²) in [7, 11) is 0. The Labute approximate surface area is 124 Å². The number of hydrogen-bond acceptors (Lipinski definition) is 6. The van der Waals surface area contributed by atoms with Gasteiger partial charge in [0.2, 0.25) is 0 Å². The van der Waals surface area contributed by atoms with Gasteiger partial charge in [-0.3, -0.25) is 0 Å². The molecule has 21 heavy (non-hydrogen) atoms. The normalized spacial score (nSPS) is 16.4. The maximum atomic E-state index is 9.97. The maximum Gasteiger partial charge on any atom is 0.142 e. The van der Waals surface area contributed by atoms with E-state index in [1.165, 1.54) is 6.21 Å². The number of nitrogens with one attached hydrogen (secondary N) is 1. The minimum atomic E-state index is 0.00645. The van der Waals surface area contributed by atoms with Crippen LogP contribution in [0.25, 0.3) is 0 Å². The molecule has 1 aromatic rings. The summed E-state index contributed by atoms with van der Waals surface area (Å²) in [5.41, 5.74) is 1.18. The van der Waals surface area contributed by atoms with Crippen molar-refractivity contribution in [1.29, 1.82) is 0 Å². The van der Waals surface area contributed by atoms with Gasteiger partial charge in [-0.25, -0.2) is 4.98 Å². The Balaban J connectivity index is 1.77. The van der Waals surface area contributed by atoms with Crippen molar-refractivity contribution in [3.63, 3.8) is 0 Å². The topological polar surface area (TPSA) is 90.2 Å². The molecule has 0 amide bonds. The molecule has 2 heterocycles. The van der Waals surface area contributed by atoms with Crippen LogP contribution in [-0.4, -0.2) is 53.9 Å². The molecular formula is C14H21N5O2. The second-order valence-electron chi connectivity index (χ2n) is 5.08. The summed E-state index contributed by atoms with van der Waals surface area (Å²) in [4.78, 5) is 16.7. The van der Waals surface area contributed by atoms with Crippen molar-refractivity contribution < 1.29 is 5.11 Å². The summed E-state index contributed by atoms with van der Waals surface area (Å²) in [6.45, 7) is 5.51. The monoisotopic (exact) mass is 291 g/mol. The Morgan fingerprint density at radius 3 is 2.90 bits per heavy atom. The third-order valence-corrected chi connectivity index (χ3v) is 3.55. The molecule has 0 saturated carbocycles. The highest BCUT2D eigenvalue weighted by molar-refractivity contribution is 5.80. The van der Waals surface area contributed by atoms with E-state index < -0.39 is 0 Å². The molecule has 7 heteroatoms. The molecule has 1 aliphatic heterocycles. The van der Waals surface area contributed by atoms with Crippen LogP contribution < -0.4 is 5.32 Å². The minimum absolute atomic E-state index is 0.00645. The van der Waals surface area contributed by atoms with Gasteiger partial charge in [0, 0.05) is 31.9 Å². The Hall–Kier alpha value is -1.86. The number of piperazine rings is 1. The van der Waals surface area contributed by atoms with Crippen LogP contribution in [0.15, 0.2) is 22.5 Å². The smallest absolute Gasteiger partial charge is 0.142 e. The standard InChI is InChI=1S/C14H21N5O2/c20-14-5-4-12(17-13(14)11-16-18-21)3-1-2-8-19-9-6-15-7-10-19/h4-5,11,15,20H,1-3,6-10H2/b16-11+. The van der Waals surface area contributed by atoms with Gasteiger partial charge in [-0.15, -0.1) is 10.0 Å². The lowest BCUT2D eigenvalue weighted by Gasteiger charge is -2.26. The first-order chi connectivity index (χ1) is 10.3. The molecule has 0 spiro atoms. The zero-order valence-electron chi connectivity index (χ0n) is 12.0. The number of nitroso groups, excluding NO2 is 1. The van der Waals surface area contributed by atoms with Gasteiger partial charge in [0.25, 0.3) is 0 Å². The van der Waals surface area contributed by atoms with E-state index in [0.29, 0.717) is 0 Å². The van der Waals surface area contributed by atoms with Crippen LogP contribution in [0.2, 0.25) is 0 Å². The van der Waals surface area contributed by atoms with Gasteiger partial charge in [0.05, 0.1) is 11.5 Å². The number of rotatable bonds is 7. The Morgan fingerprint density at radius 2 is 2.14 bits per heavy atom. The van der Waals surface area contributed by atoms with Crippen molar-refractivity contribution in [2.75, 3.05) is 32.7 Å². The highest BCUT2D eigenvalue weighted by atomic mass is 16.3. The van der Waals surface area contributed by atoms with E-state index in [2.05, 4.69) is 25.6 Å². The van der Waals surface area contributed by atoms with Crippen molar-refractivity contribution in [3.8, 4) is 5.75 Å². The average molecular weight is 291 g/mol. The second-order valence-corrected chi connectivity index (χ2v) is 5.08. The van der Waals surface area contributed by atoms with Gasteiger partial charge in [-0.1, -0.05) is 0 Å². The van der Waals surface area contributed by atoms with Gasteiger partial charge < -0.3 is 15.3 Å². The van der Waals surface area contributed by atoms with E-state index in [9.17, 15) is 10.0 Å². The molecule has 1 aliphatic rings. The summed E-state index contributed by atoms with van der Waals surface area (Å²) in [6.07, 6.45) is 4.19. The molecule has 2 N–H and O–H groups in total. The van der Waals surface area contributed by atoms with E-state index in [1.807, 2.05) is 0 Å². The molecule has 0 atom stereocenters. The number of pyridine rings is 1. The first-order valence-corrected chi connectivity index (χ1v) is 7.27. The van der Waals surface area contributed by atoms with Crippen LogP contribution in [0.1, 0.15) is 24.2 Å². The van der Waals surface area contributed by atoms with Crippen molar-refractivity contribution in [2.45, 2.75) is 19.3 Å². The summed E-state index contributed by atoms with van der Waals surface area (Å²) in [5, 5.41) is 18.5. The maximum absolute atomic E-state index is 9.97. The van der Waals surface area contributed by atoms with Crippen molar-refractivity contribution >= 4 is 6.21 Å². The van der Waals surface area contributed by atoms with Crippen LogP contribution in [0.4, 0.5) is 0 Å². The Morgan fingerprint density at radius 1 is 1.33 bits per heavy atom. The number of aryl methyl sites for hydroxylation is 1. The lowest BCUT2D eigenvalue weighted by molar-refractivity contribution is 0.237. The molecule has 1 aromatic heterocycles. The van der Waals surface area contributed by atoms with Gasteiger partial charge in [0.15, 0.2) is 0 Å². The molecule has 1 saturated heterocycles. The zero-order valence-corrected chi connectivity index (χ0v) is 12.0. The summed E-state index contributed by atoms with van der Waals surface area (Å²) >= 11 is 0. The zero-order chi connectivity index (χ0) is 14.9. The lowest BCUT2D eigenvalue weighted by atomic mass is 10.1. The summed E-state index contributed by atoms with van der Waals surface area (Å²) in [5.74, 6) is 0.00645. The van der Waals surface area contributed by atoms with Crippen LogP contribution in [0.3, 0.4) is 0 Å². The minimum Gasteiger partial charge on any atom is -0.506 e. The average Bonchev–Trinajstić information content (AvgIpc) is 2.52. The number of nitrogens with zero attached hydrogens (tertiary/aromatic N) is 4. The van der Waals surface area contributed by atoms with E-state index in [4.69, 9.17) is 0 Å². The predicted octanol–water partition coefficient (Wildman–Crippen LogP) is 1.12. The van der Waals surface area contributed by atoms with Gasteiger partial charge in [-0.2, -0.15) is 0 Å². The molecule has 0 radical (unpaired) electrons. The van der Waals surface area contributed by atoms with Crippen LogP contribution in [0.5, 0.6) is 5.75 Å². The van der Waals surface area contributed by atoms with E-state index in [-0.39, 0.29) is 11.4 Å². The molecule has 0 unspecified atom stereocenters. The summed E-state index contributed by atoms with van der Waals surface area (Å²) < 4.78 is 0. The third-order valence-electron chi connectivity index (χ3n) is 3.55. The van der Waals surface area contributed by atoms with Gasteiger partial charge >= 0.3 is 0 Å². The highest BCUT2D eigenvalue weighted by Crippen LogP contribution is 2.14. The molecule has 7 nitrogen and oxygen atoms in total. The van der Waals surface area contributed by atoms with Crippen LogP contribution in [-0.2, 0) is 6.42 Å². The molecule has 0 aliphatic carbocycles. The first-order valence-electron chi connectivity index (χ1n) is 7.27. The molecule has 2 rings (SSSR count). The Kier molecular flexibility index (Phi) is 6.23. The van der Waals surface area contributed by atoms with Crippen molar-refractivity contribution in [2.24, 2.45) is 10.4 Å². The number of hydrogen-bond donors (Lipinski definition) is 2. The van der Waals surface area contributed by atoms with E-state index in [0.717, 1.165) is 57.7 Å². The van der Waals surface area contributed by atoms with Crippen LogP contribution in [0, 0.1) is 4.91 Å². The summed E-state index contributed by atoms with van der Waals surface area (Å²) in [6, 6.07) is 3.37. The number of unbranched alkanes of at least 4 members (excludes halogenated alkanes) is 1. The fraction of sp³-hybridized carbons (Fsp3) is 0.571. The number of aromatic nitrogens is 1. The second kappa shape index (κ2) is 8.43. The fourth-order valence-corrected chi connectivity index (χ4v) is 2.40. The quantitative estimate of drug-likeness (QED) is 0.340. The van der Waals surface area contributed by atoms with Gasteiger partial charge in [0.1, 0.15) is 11.4 Å². The van der Waals surface area contributed by atoms with Crippen molar-refractivity contribution in [3.05, 3.63) is 28.4 Å². The SMILES string of the molecule is O=N/N=C/c1nc(CCCCN2CCNCC2)ccc1O. The fourth-order valence-electron chi connectivity index (χ4n) is 2.40. The van der Waals surface area contributed by atoms with Crippen molar-refractivity contribution in [1.82, 2.24) is 15.2 Å². The molecule has 114 valence electrons. The van der Waals surface area contributed by atoms with E-state index >= 15 is 0 Å². The van der Waals surface area contributed by atoms with Crippen LogP contribution >= 0.6 is 0 Å². The Bertz CT molecular complexity index is 486. The number of aromatic hydroxyl groups is 1. The molecule has 1 fully saturated rings. The first kappa shape index (κ1) is 15.5. The highest BCUT2D eigenvalue weighted by Gasteiger charge is 2.08. The molecule has 0 aromatic carbocycles.